The highest BCUT2D eigenvalue weighted by Gasteiger charge is 2.65. The Morgan fingerprint density at radius 2 is 2.04 bits per heavy atom. The zero-order valence-corrected chi connectivity index (χ0v) is 14.5. The van der Waals surface area contributed by atoms with Crippen molar-refractivity contribution in [1.82, 2.24) is 0 Å². The number of aldehydes is 1. The highest BCUT2D eigenvalue weighted by atomic mass is 16.6. The smallest absolute Gasteiger partial charge is 0.303 e. The molecule has 0 unspecified atom stereocenters. The Bertz CT molecular complexity index is 560. The molecule has 5 heteroatoms. The molecule has 1 fully saturated rings. The van der Waals surface area contributed by atoms with Crippen LogP contribution in [0.2, 0.25) is 0 Å². The number of hydrogen-bond donors (Lipinski definition) is 1. The predicted octanol–water partition coefficient (Wildman–Crippen LogP) is 2.19. The van der Waals surface area contributed by atoms with E-state index in [1.807, 2.05) is 26.8 Å². The molecule has 0 saturated heterocycles. The molecule has 5 nitrogen and oxygen atoms in total. The molecule has 2 rings (SSSR count). The van der Waals surface area contributed by atoms with Crippen LogP contribution in [-0.2, 0) is 19.1 Å². The molecule has 0 amide bonds. The minimum atomic E-state index is -1.27. The molecule has 0 aromatic rings. The Morgan fingerprint density at radius 1 is 1.39 bits per heavy atom. The van der Waals surface area contributed by atoms with Crippen LogP contribution in [0.15, 0.2) is 23.3 Å². The normalized spacial score (nSPS) is 40.7. The van der Waals surface area contributed by atoms with Gasteiger partial charge in [0.2, 0.25) is 0 Å². The molecule has 2 aliphatic carbocycles. The number of methoxy groups -OCH3 is 1. The van der Waals surface area contributed by atoms with Crippen molar-refractivity contribution in [3.8, 4) is 0 Å². The molecule has 23 heavy (non-hydrogen) atoms. The van der Waals surface area contributed by atoms with Gasteiger partial charge in [-0.3, -0.25) is 9.59 Å². The molecule has 128 valence electrons. The van der Waals surface area contributed by atoms with Gasteiger partial charge in [0.05, 0.1) is 6.10 Å². The van der Waals surface area contributed by atoms with Crippen molar-refractivity contribution in [1.29, 1.82) is 0 Å². The molecule has 0 aromatic carbocycles. The van der Waals surface area contributed by atoms with Crippen molar-refractivity contribution >= 4 is 12.3 Å². The van der Waals surface area contributed by atoms with E-state index in [1.165, 1.54) is 6.92 Å². The zero-order chi connectivity index (χ0) is 17.4. The molecule has 0 bridgehead atoms. The SMILES string of the molecule is CO[C@@H]1/C=C(\C)C[C@H](OC(C)=O)[C@]2(O)[C@H](CC2(C)C)/C(C=O)=C\1. The van der Waals surface area contributed by atoms with Gasteiger partial charge >= 0.3 is 5.97 Å². The van der Waals surface area contributed by atoms with E-state index in [2.05, 4.69) is 0 Å². The summed E-state index contributed by atoms with van der Waals surface area (Å²) < 4.78 is 10.9. The van der Waals surface area contributed by atoms with Gasteiger partial charge in [0, 0.05) is 26.4 Å². The number of ether oxygens (including phenoxy) is 2. The first-order valence-electron chi connectivity index (χ1n) is 7.92. The first kappa shape index (κ1) is 17.9. The lowest BCUT2D eigenvalue weighted by Gasteiger charge is -2.61. The van der Waals surface area contributed by atoms with Gasteiger partial charge in [-0.2, -0.15) is 0 Å². The molecule has 0 spiro atoms. The van der Waals surface area contributed by atoms with Crippen LogP contribution in [0.3, 0.4) is 0 Å². The maximum absolute atomic E-state index is 11.6. The minimum Gasteiger partial charge on any atom is -0.459 e. The molecule has 2 aliphatic rings. The summed E-state index contributed by atoms with van der Waals surface area (Å²) in [5.74, 6) is -0.798. The summed E-state index contributed by atoms with van der Waals surface area (Å²) in [7, 11) is 1.58. The van der Waals surface area contributed by atoms with Crippen LogP contribution >= 0.6 is 0 Å². The number of carbonyl (C=O) groups excluding carboxylic acids is 2. The van der Waals surface area contributed by atoms with Crippen LogP contribution in [-0.4, -0.2) is 42.3 Å². The summed E-state index contributed by atoms with van der Waals surface area (Å²) >= 11 is 0. The van der Waals surface area contributed by atoms with E-state index in [1.54, 1.807) is 13.2 Å². The van der Waals surface area contributed by atoms with Crippen molar-refractivity contribution in [2.75, 3.05) is 7.11 Å². The van der Waals surface area contributed by atoms with Gasteiger partial charge in [-0.15, -0.1) is 0 Å². The van der Waals surface area contributed by atoms with Crippen LogP contribution in [0.5, 0.6) is 0 Å². The summed E-state index contributed by atoms with van der Waals surface area (Å²) in [4.78, 5) is 23.1. The quantitative estimate of drug-likeness (QED) is 0.490. The topological polar surface area (TPSA) is 72.8 Å². The van der Waals surface area contributed by atoms with Gasteiger partial charge in [-0.25, -0.2) is 0 Å². The average molecular weight is 322 g/mol. The zero-order valence-electron chi connectivity index (χ0n) is 14.5. The summed E-state index contributed by atoms with van der Waals surface area (Å²) in [5.41, 5.74) is -0.279. The third-order valence-corrected chi connectivity index (χ3v) is 5.25. The van der Waals surface area contributed by atoms with E-state index in [9.17, 15) is 14.7 Å². The van der Waals surface area contributed by atoms with E-state index in [0.717, 1.165) is 11.9 Å². The molecule has 0 aliphatic heterocycles. The van der Waals surface area contributed by atoms with Crippen molar-refractivity contribution in [3.63, 3.8) is 0 Å². The number of esters is 1. The third-order valence-electron chi connectivity index (χ3n) is 5.25. The lowest BCUT2D eigenvalue weighted by Crippen LogP contribution is -2.69. The Balaban J connectivity index is 2.55. The van der Waals surface area contributed by atoms with Crippen LogP contribution < -0.4 is 0 Å². The molecular formula is C18H26O5. The molecule has 0 radical (unpaired) electrons. The third kappa shape index (κ3) is 3.00. The van der Waals surface area contributed by atoms with Crippen LogP contribution in [0, 0.1) is 11.3 Å². The second-order valence-corrected chi connectivity index (χ2v) is 7.27. The number of hydrogen-bond acceptors (Lipinski definition) is 5. The lowest BCUT2D eigenvalue weighted by atomic mass is 9.48. The first-order valence-corrected chi connectivity index (χ1v) is 7.92. The van der Waals surface area contributed by atoms with Crippen molar-refractivity contribution in [3.05, 3.63) is 23.3 Å². The number of fused-ring (bicyclic) bond motifs is 1. The van der Waals surface area contributed by atoms with E-state index in [-0.39, 0.29) is 12.0 Å². The number of carbonyl (C=O) groups is 2. The molecular weight excluding hydrogens is 296 g/mol. The molecule has 1 saturated carbocycles. The van der Waals surface area contributed by atoms with E-state index in [0.29, 0.717) is 18.4 Å². The number of aliphatic hydroxyl groups is 1. The lowest BCUT2D eigenvalue weighted by molar-refractivity contribution is -0.248. The Kier molecular flexibility index (Phi) is 4.83. The van der Waals surface area contributed by atoms with Crippen LogP contribution in [0.25, 0.3) is 0 Å². The van der Waals surface area contributed by atoms with Crippen molar-refractivity contribution in [2.45, 2.75) is 58.3 Å². The molecule has 0 aromatic heterocycles. The largest absolute Gasteiger partial charge is 0.459 e. The number of rotatable bonds is 3. The summed E-state index contributed by atoms with van der Waals surface area (Å²) in [6.45, 7) is 7.12. The van der Waals surface area contributed by atoms with Gasteiger partial charge in [0.1, 0.15) is 18.0 Å². The van der Waals surface area contributed by atoms with Gasteiger partial charge in [-0.05, 0) is 30.4 Å². The molecule has 0 heterocycles. The van der Waals surface area contributed by atoms with Crippen molar-refractivity contribution in [2.24, 2.45) is 11.3 Å². The molecule has 1 N–H and O–H groups in total. The average Bonchev–Trinajstić information content (AvgIpc) is 2.49. The van der Waals surface area contributed by atoms with Gasteiger partial charge in [0.25, 0.3) is 0 Å². The van der Waals surface area contributed by atoms with Crippen LogP contribution in [0.1, 0.15) is 40.5 Å². The Hall–Kier alpha value is -1.46. The fourth-order valence-electron chi connectivity index (χ4n) is 3.94. The fourth-order valence-corrected chi connectivity index (χ4v) is 3.94. The maximum Gasteiger partial charge on any atom is 0.303 e. The Labute approximate surface area is 137 Å². The monoisotopic (exact) mass is 322 g/mol. The minimum absolute atomic E-state index is 0.334. The van der Waals surface area contributed by atoms with E-state index >= 15 is 0 Å². The highest BCUT2D eigenvalue weighted by Crippen LogP contribution is 2.59. The first-order chi connectivity index (χ1) is 10.7. The molecule has 4 atom stereocenters. The second kappa shape index (κ2) is 6.21. The maximum atomic E-state index is 11.6. The van der Waals surface area contributed by atoms with E-state index in [4.69, 9.17) is 9.47 Å². The fraction of sp³-hybridized carbons (Fsp3) is 0.667. The van der Waals surface area contributed by atoms with Crippen LogP contribution in [0.4, 0.5) is 0 Å². The standard InChI is InChI=1S/C18H26O5/c1-11-6-14(22-5)8-13(10-19)15-9-17(3,4)18(15,21)16(7-11)23-12(2)20/h6,8,10,14-16,21H,7,9H2,1-5H3/b11-6+,13-8-/t14-,15-,16+,18-/m1/s1. The Morgan fingerprint density at radius 3 is 2.52 bits per heavy atom. The van der Waals surface area contributed by atoms with Gasteiger partial charge in [-0.1, -0.05) is 25.5 Å². The van der Waals surface area contributed by atoms with Crippen molar-refractivity contribution < 1.29 is 24.2 Å². The van der Waals surface area contributed by atoms with E-state index < -0.39 is 23.1 Å². The summed E-state index contributed by atoms with van der Waals surface area (Å²) in [6.07, 6.45) is 4.45. The summed E-state index contributed by atoms with van der Waals surface area (Å²) in [5, 5.41) is 11.4. The van der Waals surface area contributed by atoms with Gasteiger partial charge < -0.3 is 14.6 Å². The second-order valence-electron chi connectivity index (χ2n) is 7.27. The predicted molar refractivity (Wildman–Crippen MR) is 85.7 cm³/mol. The van der Waals surface area contributed by atoms with Gasteiger partial charge in [0.15, 0.2) is 0 Å². The highest BCUT2D eigenvalue weighted by molar-refractivity contribution is 5.76. The summed E-state index contributed by atoms with van der Waals surface area (Å²) in [6, 6.07) is 0.